The van der Waals surface area contributed by atoms with Gasteiger partial charge in [0.05, 0.1) is 5.92 Å². The fourth-order valence-electron chi connectivity index (χ4n) is 2.93. The van der Waals surface area contributed by atoms with E-state index < -0.39 is 5.97 Å². The Morgan fingerprint density at radius 1 is 1.32 bits per heavy atom. The van der Waals surface area contributed by atoms with Crippen molar-refractivity contribution in [2.24, 2.45) is 11.3 Å². The molecule has 0 unspecified atom stereocenters. The molecule has 2 N–H and O–H groups in total. The summed E-state index contributed by atoms with van der Waals surface area (Å²) in [4.78, 5) is 24.6. The van der Waals surface area contributed by atoms with E-state index in [-0.39, 0.29) is 11.9 Å². The molecule has 1 saturated heterocycles. The third-order valence-electron chi connectivity index (χ3n) is 4.48. The molecule has 2 rings (SSSR count). The summed E-state index contributed by atoms with van der Waals surface area (Å²) in [7, 11) is 0. The number of hydrogen-bond donors (Lipinski definition) is 2. The van der Waals surface area contributed by atoms with Gasteiger partial charge >= 0.3 is 12.0 Å². The zero-order chi connectivity index (χ0) is 13.9. The van der Waals surface area contributed by atoms with E-state index in [9.17, 15) is 9.59 Å². The molecule has 1 aliphatic carbocycles. The number of likely N-dealkylation sites (tertiary alicyclic amines) is 1. The zero-order valence-electron chi connectivity index (χ0n) is 11.7. The molecule has 5 nitrogen and oxygen atoms in total. The Kier molecular flexibility index (Phi) is 4.32. The molecule has 0 atom stereocenters. The molecule has 2 amide bonds. The fraction of sp³-hybridized carbons (Fsp3) is 0.857. The molecule has 0 spiro atoms. The van der Waals surface area contributed by atoms with E-state index in [0.717, 1.165) is 6.54 Å². The Morgan fingerprint density at radius 3 is 2.42 bits per heavy atom. The van der Waals surface area contributed by atoms with Gasteiger partial charge in [0.2, 0.25) is 0 Å². The second-order valence-electron chi connectivity index (χ2n) is 6.01. The summed E-state index contributed by atoms with van der Waals surface area (Å²) in [5.41, 5.74) is 0.365. The van der Waals surface area contributed by atoms with Crippen molar-refractivity contribution in [3.05, 3.63) is 0 Å². The van der Waals surface area contributed by atoms with Crippen molar-refractivity contribution in [3.8, 4) is 0 Å². The van der Waals surface area contributed by atoms with Crippen molar-refractivity contribution in [2.45, 2.75) is 45.4 Å². The van der Waals surface area contributed by atoms with Gasteiger partial charge in [0, 0.05) is 19.6 Å². The van der Waals surface area contributed by atoms with Crippen LogP contribution >= 0.6 is 0 Å². The van der Waals surface area contributed by atoms with Gasteiger partial charge in [-0.05, 0) is 37.5 Å². The number of rotatable bonds is 5. The highest BCUT2D eigenvalue weighted by atomic mass is 16.4. The smallest absolute Gasteiger partial charge is 0.317 e. The minimum absolute atomic E-state index is 0.0220. The quantitative estimate of drug-likeness (QED) is 0.802. The third kappa shape index (κ3) is 3.61. The predicted molar refractivity (Wildman–Crippen MR) is 71.9 cm³/mol. The number of carbonyl (C=O) groups is 2. The number of piperidine rings is 1. The fourth-order valence-corrected chi connectivity index (χ4v) is 2.93. The van der Waals surface area contributed by atoms with Gasteiger partial charge < -0.3 is 15.3 Å². The second kappa shape index (κ2) is 5.80. The summed E-state index contributed by atoms with van der Waals surface area (Å²) in [6, 6.07) is -0.0220. The van der Waals surface area contributed by atoms with Crippen LogP contribution in [-0.2, 0) is 4.79 Å². The highest BCUT2D eigenvalue weighted by Gasteiger charge is 2.41. The molecule has 2 aliphatic rings. The average Bonchev–Trinajstić information content (AvgIpc) is 3.17. The second-order valence-corrected chi connectivity index (χ2v) is 6.01. The summed E-state index contributed by atoms with van der Waals surface area (Å²) < 4.78 is 0. The van der Waals surface area contributed by atoms with Gasteiger partial charge in [-0.1, -0.05) is 13.3 Å². The Labute approximate surface area is 114 Å². The molecule has 2 fully saturated rings. The molecule has 1 heterocycles. The van der Waals surface area contributed by atoms with Crippen molar-refractivity contribution < 1.29 is 14.7 Å². The van der Waals surface area contributed by atoms with Gasteiger partial charge in [-0.2, -0.15) is 0 Å². The number of nitrogens with one attached hydrogen (secondary N) is 1. The number of urea groups is 1. The van der Waals surface area contributed by atoms with Gasteiger partial charge in [0.25, 0.3) is 0 Å². The number of carbonyl (C=O) groups excluding carboxylic acids is 1. The Bertz CT molecular complexity index is 345. The molecule has 0 radical (unpaired) electrons. The summed E-state index contributed by atoms with van der Waals surface area (Å²) in [5.74, 6) is -1.01. The van der Waals surface area contributed by atoms with Crippen LogP contribution in [0.4, 0.5) is 4.79 Å². The maximum absolute atomic E-state index is 12.0. The van der Waals surface area contributed by atoms with E-state index in [1.165, 1.54) is 25.7 Å². The van der Waals surface area contributed by atoms with Crippen molar-refractivity contribution in [1.82, 2.24) is 10.2 Å². The van der Waals surface area contributed by atoms with Crippen LogP contribution in [0.15, 0.2) is 0 Å². The summed E-state index contributed by atoms with van der Waals surface area (Å²) in [6.45, 7) is 4.07. The Morgan fingerprint density at radius 2 is 1.95 bits per heavy atom. The van der Waals surface area contributed by atoms with Crippen LogP contribution in [-0.4, -0.2) is 41.6 Å². The first-order valence-electron chi connectivity index (χ1n) is 7.32. The maximum atomic E-state index is 12.0. The van der Waals surface area contributed by atoms with Crippen LogP contribution in [0.2, 0.25) is 0 Å². The van der Waals surface area contributed by atoms with Crippen LogP contribution < -0.4 is 5.32 Å². The van der Waals surface area contributed by atoms with E-state index in [1.54, 1.807) is 4.90 Å². The van der Waals surface area contributed by atoms with Crippen LogP contribution in [0.1, 0.15) is 45.4 Å². The maximum Gasteiger partial charge on any atom is 0.317 e. The molecular weight excluding hydrogens is 244 g/mol. The first-order valence-corrected chi connectivity index (χ1v) is 7.32. The molecule has 1 aliphatic heterocycles. The first kappa shape index (κ1) is 14.2. The molecule has 19 heavy (non-hydrogen) atoms. The number of carboxylic acid groups (broad SMARTS) is 1. The van der Waals surface area contributed by atoms with Gasteiger partial charge in [-0.25, -0.2) is 4.79 Å². The van der Waals surface area contributed by atoms with Gasteiger partial charge in [0.15, 0.2) is 0 Å². The summed E-state index contributed by atoms with van der Waals surface area (Å²) in [5, 5.41) is 11.9. The van der Waals surface area contributed by atoms with Crippen molar-refractivity contribution in [2.75, 3.05) is 19.6 Å². The average molecular weight is 268 g/mol. The van der Waals surface area contributed by atoms with Crippen LogP contribution in [0.3, 0.4) is 0 Å². The monoisotopic (exact) mass is 268 g/mol. The third-order valence-corrected chi connectivity index (χ3v) is 4.48. The van der Waals surface area contributed by atoms with Crippen LogP contribution in [0.25, 0.3) is 0 Å². The molecule has 5 heteroatoms. The number of hydrogen-bond acceptors (Lipinski definition) is 2. The number of aliphatic carboxylic acids is 1. The van der Waals surface area contributed by atoms with Crippen LogP contribution in [0.5, 0.6) is 0 Å². The molecule has 0 aromatic rings. The van der Waals surface area contributed by atoms with E-state index >= 15 is 0 Å². The lowest BCUT2D eigenvalue weighted by Crippen LogP contribution is -2.46. The largest absolute Gasteiger partial charge is 0.481 e. The van der Waals surface area contributed by atoms with Gasteiger partial charge in [-0.15, -0.1) is 0 Å². The lowest BCUT2D eigenvalue weighted by atomic mass is 9.97. The molecule has 1 saturated carbocycles. The lowest BCUT2D eigenvalue weighted by molar-refractivity contribution is -0.143. The highest BCUT2D eigenvalue weighted by Crippen LogP contribution is 2.48. The number of amides is 2. The minimum atomic E-state index is -0.736. The van der Waals surface area contributed by atoms with Crippen molar-refractivity contribution in [3.63, 3.8) is 0 Å². The highest BCUT2D eigenvalue weighted by molar-refractivity contribution is 5.75. The van der Waals surface area contributed by atoms with Gasteiger partial charge in [0.1, 0.15) is 0 Å². The van der Waals surface area contributed by atoms with Gasteiger partial charge in [-0.3, -0.25) is 4.79 Å². The van der Waals surface area contributed by atoms with E-state index in [4.69, 9.17) is 5.11 Å². The summed E-state index contributed by atoms with van der Waals surface area (Å²) in [6.07, 6.45) is 5.95. The normalized spacial score (nSPS) is 22.1. The van der Waals surface area contributed by atoms with E-state index in [1.807, 2.05) is 0 Å². The first-order chi connectivity index (χ1) is 9.06. The molecular formula is C14H24N2O3. The van der Waals surface area contributed by atoms with E-state index in [2.05, 4.69) is 12.2 Å². The van der Waals surface area contributed by atoms with Crippen LogP contribution in [0, 0.1) is 11.3 Å². The molecule has 108 valence electrons. The predicted octanol–water partition coefficient (Wildman–Crippen LogP) is 2.07. The number of nitrogens with zero attached hydrogens (tertiary/aromatic N) is 1. The molecule has 0 aromatic heterocycles. The number of carboxylic acids is 1. The Hall–Kier alpha value is -1.26. The standard InChI is InChI=1S/C14H24N2O3/c1-2-5-14(6-7-14)10-15-13(19)16-8-3-11(4-9-16)12(17)18/h11H,2-10H2,1H3,(H,15,19)(H,17,18). The molecule has 0 aromatic carbocycles. The van der Waals surface area contributed by atoms with Crippen molar-refractivity contribution >= 4 is 12.0 Å². The van der Waals surface area contributed by atoms with Crippen molar-refractivity contribution in [1.29, 1.82) is 0 Å². The van der Waals surface area contributed by atoms with E-state index in [0.29, 0.717) is 31.3 Å². The zero-order valence-corrected chi connectivity index (χ0v) is 11.7. The Balaban J connectivity index is 1.71. The SMILES string of the molecule is CCCC1(CNC(=O)N2CCC(C(=O)O)CC2)CC1. The topological polar surface area (TPSA) is 69.6 Å². The minimum Gasteiger partial charge on any atom is -0.481 e. The lowest BCUT2D eigenvalue weighted by Gasteiger charge is -2.30. The summed E-state index contributed by atoms with van der Waals surface area (Å²) >= 11 is 0. The molecule has 0 bridgehead atoms.